The summed E-state index contributed by atoms with van der Waals surface area (Å²) >= 11 is 0. The molecule has 1 aromatic rings. The van der Waals surface area contributed by atoms with Crippen molar-refractivity contribution in [3.63, 3.8) is 0 Å². The first kappa shape index (κ1) is 12.7. The molecule has 0 saturated heterocycles. The van der Waals surface area contributed by atoms with Crippen LogP contribution in [0.15, 0.2) is 52.3 Å². The summed E-state index contributed by atoms with van der Waals surface area (Å²) in [5.74, 6) is 0.688. The first-order valence-corrected chi connectivity index (χ1v) is 8.76. The maximum Gasteiger partial charge on any atom is 0.0632 e. The molecule has 2 aliphatic rings. The first-order valence-electron chi connectivity index (χ1n) is 7.24. The highest BCUT2D eigenvalue weighted by Gasteiger charge is 2.27. The second-order valence-corrected chi connectivity index (χ2v) is 8.03. The minimum Gasteiger partial charge on any atom is -0.0794 e. The van der Waals surface area contributed by atoms with Crippen molar-refractivity contribution in [2.24, 2.45) is 5.92 Å². The number of hydrogen-bond donors (Lipinski definition) is 0. The lowest BCUT2D eigenvalue weighted by molar-refractivity contribution is 0.852. The van der Waals surface area contributed by atoms with Crippen LogP contribution in [0.4, 0.5) is 0 Å². The van der Waals surface area contributed by atoms with Gasteiger partial charge in [-0.2, -0.15) is 0 Å². The highest BCUT2D eigenvalue weighted by molar-refractivity contribution is 6.49. The standard InChI is InChI=1S/C18H22Si/c1-11-12(2)14(4)18(13(11)3)19-17-10-9-15-7-5-6-8-16(15)17/h5-10,13,17H,19H2,1-4H3. The largest absolute Gasteiger partial charge is 0.0794 e. The van der Waals surface area contributed by atoms with Gasteiger partial charge in [-0.3, -0.25) is 0 Å². The molecule has 0 fully saturated rings. The average Bonchev–Trinajstić information content (AvgIpc) is 2.91. The molecule has 2 aliphatic carbocycles. The van der Waals surface area contributed by atoms with Crippen LogP contribution in [0.1, 0.15) is 44.4 Å². The normalized spacial score (nSPS) is 26.1. The van der Waals surface area contributed by atoms with Crippen LogP contribution in [-0.2, 0) is 0 Å². The van der Waals surface area contributed by atoms with E-state index < -0.39 is 0 Å². The molecule has 19 heavy (non-hydrogen) atoms. The monoisotopic (exact) mass is 266 g/mol. The third-order valence-electron chi connectivity index (χ3n) is 5.15. The molecule has 0 heterocycles. The smallest absolute Gasteiger partial charge is 0.0632 e. The van der Waals surface area contributed by atoms with Crippen molar-refractivity contribution in [2.45, 2.75) is 33.2 Å². The average molecular weight is 266 g/mol. The highest BCUT2D eigenvalue weighted by Crippen LogP contribution is 2.39. The zero-order valence-electron chi connectivity index (χ0n) is 12.3. The topological polar surface area (TPSA) is 0 Å². The van der Waals surface area contributed by atoms with Gasteiger partial charge in [0.15, 0.2) is 0 Å². The Hall–Kier alpha value is -1.34. The van der Waals surface area contributed by atoms with Crippen LogP contribution in [-0.4, -0.2) is 9.52 Å². The minimum absolute atomic E-state index is 0.252. The van der Waals surface area contributed by atoms with Gasteiger partial charge < -0.3 is 0 Å². The van der Waals surface area contributed by atoms with Gasteiger partial charge in [0, 0.05) is 0 Å². The van der Waals surface area contributed by atoms with E-state index in [4.69, 9.17) is 0 Å². The van der Waals surface area contributed by atoms with Gasteiger partial charge in [0.1, 0.15) is 0 Å². The number of benzene rings is 1. The Balaban J connectivity index is 1.88. The molecule has 0 bridgehead atoms. The molecule has 2 atom stereocenters. The zero-order valence-corrected chi connectivity index (χ0v) is 13.7. The predicted molar refractivity (Wildman–Crippen MR) is 87.0 cm³/mol. The van der Waals surface area contributed by atoms with E-state index in [0.29, 0.717) is 11.5 Å². The maximum atomic E-state index is 2.44. The van der Waals surface area contributed by atoms with Gasteiger partial charge in [-0.05, 0) is 48.9 Å². The number of rotatable bonds is 2. The predicted octanol–water partition coefficient (Wildman–Crippen LogP) is 4.18. The molecule has 0 nitrogen and oxygen atoms in total. The summed E-state index contributed by atoms with van der Waals surface area (Å²) in [5, 5.41) is 1.78. The molecule has 0 saturated carbocycles. The van der Waals surface area contributed by atoms with E-state index in [2.05, 4.69) is 64.1 Å². The van der Waals surface area contributed by atoms with Crippen molar-refractivity contribution < 1.29 is 0 Å². The Morgan fingerprint density at radius 1 is 1.00 bits per heavy atom. The number of hydrogen-bond acceptors (Lipinski definition) is 0. The summed E-state index contributed by atoms with van der Waals surface area (Å²) < 4.78 is 0. The van der Waals surface area contributed by atoms with Crippen molar-refractivity contribution in [1.29, 1.82) is 0 Å². The van der Waals surface area contributed by atoms with Crippen LogP contribution in [0.25, 0.3) is 6.08 Å². The molecular formula is C18H22Si. The van der Waals surface area contributed by atoms with Gasteiger partial charge in [-0.25, -0.2) is 0 Å². The zero-order chi connectivity index (χ0) is 13.6. The lowest BCUT2D eigenvalue weighted by Gasteiger charge is -2.17. The van der Waals surface area contributed by atoms with Gasteiger partial charge in [0.05, 0.1) is 9.52 Å². The summed E-state index contributed by atoms with van der Waals surface area (Å²) in [4.78, 5) is 0. The second-order valence-electron chi connectivity index (χ2n) is 5.98. The fourth-order valence-electron chi connectivity index (χ4n) is 3.52. The van der Waals surface area contributed by atoms with E-state index in [9.17, 15) is 0 Å². The molecule has 1 aromatic carbocycles. The fraction of sp³-hybridized carbons (Fsp3) is 0.333. The van der Waals surface area contributed by atoms with Crippen molar-refractivity contribution >= 4 is 15.6 Å². The minimum atomic E-state index is -0.252. The molecule has 3 rings (SSSR count). The van der Waals surface area contributed by atoms with Crippen molar-refractivity contribution in [1.82, 2.24) is 0 Å². The highest BCUT2D eigenvalue weighted by atomic mass is 28.2. The molecule has 0 spiro atoms. The van der Waals surface area contributed by atoms with Crippen LogP contribution in [0.5, 0.6) is 0 Å². The Morgan fingerprint density at radius 2 is 1.74 bits per heavy atom. The van der Waals surface area contributed by atoms with E-state index in [1.165, 1.54) is 5.56 Å². The van der Waals surface area contributed by atoms with Crippen LogP contribution in [0, 0.1) is 5.92 Å². The Bertz CT molecular complexity index is 616. The van der Waals surface area contributed by atoms with Gasteiger partial charge in [0.25, 0.3) is 0 Å². The van der Waals surface area contributed by atoms with E-state index in [0.717, 1.165) is 0 Å². The molecule has 98 valence electrons. The van der Waals surface area contributed by atoms with Crippen molar-refractivity contribution in [3.8, 4) is 0 Å². The van der Waals surface area contributed by atoms with Crippen molar-refractivity contribution in [2.75, 3.05) is 0 Å². The van der Waals surface area contributed by atoms with Crippen LogP contribution >= 0.6 is 0 Å². The summed E-state index contributed by atoms with van der Waals surface area (Å²) in [6, 6.07) is 8.89. The summed E-state index contributed by atoms with van der Waals surface area (Å²) in [6.45, 7) is 9.32. The van der Waals surface area contributed by atoms with Crippen molar-refractivity contribution in [3.05, 3.63) is 63.4 Å². The van der Waals surface area contributed by atoms with Crippen LogP contribution in [0.2, 0.25) is 0 Å². The van der Waals surface area contributed by atoms with Crippen LogP contribution in [0.3, 0.4) is 0 Å². The maximum absolute atomic E-state index is 2.44. The molecule has 2 unspecified atom stereocenters. The summed E-state index contributed by atoms with van der Waals surface area (Å²) in [6.07, 6.45) is 4.75. The number of fused-ring (bicyclic) bond motifs is 1. The van der Waals surface area contributed by atoms with Gasteiger partial charge in [-0.1, -0.05) is 59.7 Å². The first-order chi connectivity index (χ1) is 9.09. The molecule has 0 radical (unpaired) electrons. The SMILES string of the molecule is CC1=C(C)C(C)C([SiH2]C2C=Cc3ccccc32)=C1C. The Kier molecular flexibility index (Phi) is 3.10. The van der Waals surface area contributed by atoms with E-state index >= 15 is 0 Å². The third-order valence-corrected chi connectivity index (χ3v) is 7.89. The molecular weight excluding hydrogens is 244 g/mol. The fourth-order valence-corrected chi connectivity index (χ4v) is 6.08. The lowest BCUT2D eigenvalue weighted by atomic mass is 10.1. The van der Waals surface area contributed by atoms with Gasteiger partial charge in [0.2, 0.25) is 0 Å². The lowest BCUT2D eigenvalue weighted by Crippen LogP contribution is -2.12. The summed E-state index contributed by atoms with van der Waals surface area (Å²) in [5.41, 5.74) is 8.44. The van der Waals surface area contributed by atoms with Gasteiger partial charge in [-0.15, -0.1) is 0 Å². The third kappa shape index (κ3) is 1.97. The summed E-state index contributed by atoms with van der Waals surface area (Å²) in [7, 11) is -0.252. The Morgan fingerprint density at radius 3 is 2.42 bits per heavy atom. The van der Waals surface area contributed by atoms with E-state index in [-0.39, 0.29) is 9.52 Å². The molecule has 0 N–H and O–H groups in total. The molecule has 0 aliphatic heterocycles. The van der Waals surface area contributed by atoms with E-state index in [1.54, 1.807) is 27.5 Å². The quantitative estimate of drug-likeness (QED) is 0.704. The molecule has 1 heteroatoms. The molecule has 0 aromatic heterocycles. The van der Waals surface area contributed by atoms with Gasteiger partial charge >= 0.3 is 0 Å². The Labute approximate surface area is 118 Å². The van der Waals surface area contributed by atoms with Crippen LogP contribution < -0.4 is 0 Å². The van der Waals surface area contributed by atoms with E-state index in [1.807, 2.05) is 0 Å². The second kappa shape index (κ2) is 4.64. The number of allylic oxidation sites excluding steroid dienone is 5. The molecule has 0 amide bonds.